The van der Waals surface area contributed by atoms with Crippen molar-refractivity contribution >= 4 is 155 Å². The zero-order valence-electron chi connectivity index (χ0n) is 61.5. The van der Waals surface area contributed by atoms with E-state index < -0.39 is 81.6 Å². The number of carbonyl (C=O) groups is 9. The second-order valence-electron chi connectivity index (χ2n) is 25.6. The van der Waals surface area contributed by atoms with E-state index in [1.165, 1.54) is 82.1 Å². The lowest BCUT2D eigenvalue weighted by Gasteiger charge is -2.50. The van der Waals surface area contributed by atoms with Gasteiger partial charge in [-0.3, -0.25) is 43.5 Å². The number of aromatic nitrogens is 3. The second kappa shape index (κ2) is 36.6. The Morgan fingerprint density at radius 1 is 0.479 bits per heavy atom. The van der Waals surface area contributed by atoms with E-state index in [-0.39, 0.29) is 78.7 Å². The van der Waals surface area contributed by atoms with Crippen LogP contribution in [0.2, 0.25) is 0 Å². The molecule has 36 heteroatoms. The quantitative estimate of drug-likeness (QED) is 0.00922. The van der Waals surface area contributed by atoms with Crippen molar-refractivity contribution in [2.24, 2.45) is 21.2 Å². The van der Waals surface area contributed by atoms with Gasteiger partial charge in [0.05, 0.1) is 11.7 Å². The zero-order chi connectivity index (χ0) is 83.4. The number of β-lactam (4-membered cyclic amide) rings is 3. The minimum Gasteiger partial charge on any atom is -0.543 e. The summed E-state index contributed by atoms with van der Waals surface area (Å²) in [6.45, 7) is 12.2. The average molecular weight is 1690 g/mol. The Balaban J connectivity index is 0.000000153. The SMILES string of the molecule is C=CC1=C(C(=O)O)N2C(=O)[C@@H](N)[C@H]2SC1.C=CC1=C(C(=O)O)N2C(=O)[C@@H](NC(=O)/C(=N\O)c3csc(N)n3)[C@H]2SC1.C=CC1=C(C(=O)[O-])N2C(=O)[C@@H](NC(=O)C(=NOC(c3ccccc3)(c3ccccc3)c3ccccc3)c3csc(N)n3)[C@H]2SC1.CC(=O)/C(=N\OC(c1ccccc1)(c1ccccc1)c1ccccc1)c1csc(N)n1. The van der Waals surface area contributed by atoms with Crippen LogP contribution in [0.15, 0.2) is 285 Å². The summed E-state index contributed by atoms with van der Waals surface area (Å²) in [6.07, 6.45) is 4.26. The van der Waals surface area contributed by atoms with Crippen LogP contribution in [0.5, 0.6) is 0 Å². The summed E-state index contributed by atoms with van der Waals surface area (Å²) in [4.78, 5) is 139. The van der Waals surface area contributed by atoms with Gasteiger partial charge in [-0.05, 0) is 16.7 Å². The van der Waals surface area contributed by atoms with Gasteiger partial charge in [-0.25, -0.2) is 24.5 Å². The predicted molar refractivity (Wildman–Crippen MR) is 445 cm³/mol. The third-order valence-electron chi connectivity index (χ3n) is 18.7. The van der Waals surface area contributed by atoms with Gasteiger partial charge in [-0.2, -0.15) is 0 Å². The maximum atomic E-state index is 13.9. The van der Waals surface area contributed by atoms with Gasteiger partial charge in [0, 0.05) is 73.7 Å². The van der Waals surface area contributed by atoms with E-state index >= 15 is 0 Å². The molecule has 0 unspecified atom stereocenters. The highest BCUT2D eigenvalue weighted by molar-refractivity contribution is 8.00. The lowest BCUT2D eigenvalue weighted by molar-refractivity contribution is -0.301. The molecule has 6 aliphatic rings. The van der Waals surface area contributed by atoms with Gasteiger partial charge in [0.25, 0.3) is 23.6 Å². The van der Waals surface area contributed by atoms with Crippen molar-refractivity contribution in [2.75, 3.05) is 34.5 Å². The highest BCUT2D eigenvalue weighted by Crippen LogP contribution is 2.46. The smallest absolute Gasteiger partial charge is 0.352 e. The van der Waals surface area contributed by atoms with E-state index in [1.807, 2.05) is 182 Å². The molecule has 9 aromatic rings. The van der Waals surface area contributed by atoms with Crippen molar-refractivity contribution in [3.63, 3.8) is 0 Å². The topological polar surface area (TPSA) is 469 Å². The molecule has 6 aliphatic heterocycles. The number of nitrogens with two attached hydrogens (primary N) is 4. The lowest BCUT2D eigenvalue weighted by Crippen LogP contribution is -2.71. The van der Waals surface area contributed by atoms with Gasteiger partial charge in [-0.15, -0.1) is 69.3 Å². The van der Waals surface area contributed by atoms with Crippen LogP contribution in [0.3, 0.4) is 0 Å². The van der Waals surface area contributed by atoms with Crippen molar-refractivity contribution in [2.45, 2.75) is 52.4 Å². The molecule has 3 aromatic heterocycles. The Bertz CT molecular complexity index is 5360. The fourth-order valence-electron chi connectivity index (χ4n) is 13.2. The number of ketones is 1. The molecule has 15 rings (SSSR count). The van der Waals surface area contributed by atoms with Crippen LogP contribution in [0.4, 0.5) is 15.4 Å². The number of nitrogen functional groups attached to an aromatic ring is 3. The Morgan fingerprint density at radius 2 is 0.769 bits per heavy atom. The number of fused-ring (bicyclic) bond motifs is 3. The summed E-state index contributed by atoms with van der Waals surface area (Å²) in [5.74, 6) is -5.96. The van der Waals surface area contributed by atoms with Crippen LogP contribution in [-0.4, -0.2) is 167 Å². The third kappa shape index (κ3) is 16.9. The van der Waals surface area contributed by atoms with Crippen molar-refractivity contribution in [3.8, 4) is 0 Å². The van der Waals surface area contributed by atoms with E-state index in [0.29, 0.717) is 39.1 Å². The number of allylic oxidation sites excluding steroid dienone is 3. The molecule has 3 fully saturated rings. The summed E-state index contributed by atoms with van der Waals surface area (Å²) in [5, 5.41) is 60.3. The molecule has 0 radical (unpaired) electrons. The monoisotopic (exact) mass is 1680 g/mol. The number of nitrogens with one attached hydrogen (secondary N) is 2. The number of rotatable bonds is 24. The maximum Gasteiger partial charge on any atom is 0.352 e. The third-order valence-corrected chi connectivity index (χ3v) is 24.7. The molecular weight excluding hydrogens is 1620 g/mol. The number of aliphatic carboxylic acids is 3. The molecule has 5 amide bonds. The van der Waals surface area contributed by atoms with Crippen molar-refractivity contribution < 1.29 is 73.4 Å². The molecule has 0 spiro atoms. The summed E-state index contributed by atoms with van der Waals surface area (Å²) >= 11 is 7.51. The normalized spacial score (nSPS) is 18.9. The molecule has 3 saturated heterocycles. The molecule has 0 saturated carbocycles. The first-order chi connectivity index (χ1) is 56.4. The Kier molecular flexibility index (Phi) is 26.1. The number of anilines is 3. The summed E-state index contributed by atoms with van der Waals surface area (Å²) in [5.41, 5.74) is 26.6. The largest absolute Gasteiger partial charge is 0.543 e. The first-order valence-corrected chi connectivity index (χ1v) is 40.9. The molecule has 0 bridgehead atoms. The number of benzene rings is 6. The van der Waals surface area contributed by atoms with Crippen LogP contribution in [0.25, 0.3) is 0 Å². The fraction of sp³-hybridized carbons (Fsp3) is 0.148. The number of carboxylic acid groups (broad SMARTS) is 3. The van der Waals surface area contributed by atoms with Crippen molar-refractivity contribution in [1.29, 1.82) is 0 Å². The van der Waals surface area contributed by atoms with E-state index in [2.05, 4.69) is 60.8 Å². The summed E-state index contributed by atoms with van der Waals surface area (Å²) in [7, 11) is 0. The first kappa shape index (κ1) is 83.3. The highest BCUT2D eigenvalue weighted by Gasteiger charge is 2.56. The standard InChI is InChI=1S/C33H27N5O5S2.C25H21N3O2S.C14H13N5O5S2.C9H10N2O3S/c1-2-20-18-44-30-26(29(40)38(30)27(20)31(41)42)36-28(39)25(24-19-45-32(34)35-24)37-43-33(21-12-6-3-7-13-21,22-14-8-4-9-15-22)23-16-10-5-11-17-23;1-18(29)23(22-17-31-24(26)27-22)28-30-25(19-11-5-2-6-12-19,20-13-7-3-8-14-20)21-15-9-4-10-16-21;1-2-5-3-25-12-8(11(21)19(12)9(5)13(22)23)17-10(20)7(18-24)6-4-26-14(15)16-6;1-2-4-3-15-8-5(10)7(12)11(8)6(4)9(13)14/h2-17,19,26,30H,1,18H2,(H2,34,35)(H,36,39)(H,41,42);2-17H,1H3,(H2,26,27);2,4,8,12,24H,1,3H2,(H2,15,16)(H,17,20)(H,22,23);2,5,8H,1,3,10H2,(H,13,14)/p-1/b;28-23+;18-7-;/t26-,30-;;8-,12-;5-,8-/m1.11/s1. The van der Waals surface area contributed by atoms with E-state index in [1.54, 1.807) is 10.8 Å². The molecule has 117 heavy (non-hydrogen) atoms. The van der Waals surface area contributed by atoms with Crippen LogP contribution in [0, 0.1) is 0 Å². The molecule has 6 aromatic carbocycles. The molecule has 30 nitrogen and oxygen atoms in total. The van der Waals surface area contributed by atoms with Crippen LogP contribution in [-0.2, 0) is 64.0 Å². The van der Waals surface area contributed by atoms with Crippen molar-refractivity contribution in [1.82, 2.24) is 40.3 Å². The average Bonchev–Trinajstić information content (AvgIpc) is 1.30. The predicted octanol–water partition coefficient (Wildman–Crippen LogP) is 7.64. The molecule has 9 heterocycles. The van der Waals surface area contributed by atoms with E-state index in [0.717, 1.165) is 65.9 Å². The number of nitrogens with zero attached hydrogens (tertiary/aromatic N) is 9. The van der Waals surface area contributed by atoms with Gasteiger partial charge in [-0.1, -0.05) is 235 Å². The van der Waals surface area contributed by atoms with Crippen LogP contribution >= 0.6 is 69.3 Å². The van der Waals surface area contributed by atoms with E-state index in [4.69, 9.17) is 42.9 Å². The molecular formula is C81H70N15O15S6-. The number of oxime groups is 3. The molecule has 596 valence electrons. The number of amides is 5. The summed E-state index contributed by atoms with van der Waals surface area (Å²) in [6, 6.07) is 55.5. The van der Waals surface area contributed by atoms with Gasteiger partial charge in [0.2, 0.25) is 17.1 Å². The van der Waals surface area contributed by atoms with Crippen LogP contribution < -0.4 is 38.7 Å². The van der Waals surface area contributed by atoms with Gasteiger partial charge >= 0.3 is 11.9 Å². The Labute approximate surface area is 692 Å². The van der Waals surface area contributed by atoms with E-state index in [9.17, 15) is 53.4 Å². The number of carboxylic acids is 3. The fourth-order valence-corrected chi connectivity index (χ4v) is 18.8. The first-order valence-electron chi connectivity index (χ1n) is 35.1. The number of hydrogen-bond donors (Lipinski definition) is 9. The maximum absolute atomic E-state index is 13.9. The minimum atomic E-state index is -1.49. The van der Waals surface area contributed by atoms with Gasteiger partial charge in [0.15, 0.2) is 38.3 Å². The highest BCUT2D eigenvalue weighted by atomic mass is 32.2. The van der Waals surface area contributed by atoms with Gasteiger partial charge in [0.1, 0.15) is 62.7 Å². The van der Waals surface area contributed by atoms with Crippen molar-refractivity contribution in [3.05, 3.63) is 320 Å². The number of hydrogen-bond acceptors (Lipinski definition) is 29. The number of thioether (sulfide) groups is 3. The zero-order valence-corrected chi connectivity index (χ0v) is 66.4. The van der Waals surface area contributed by atoms with Gasteiger partial charge < -0.3 is 68.6 Å². The number of carbonyl (C=O) groups excluding carboxylic acids is 7. The number of thiazole rings is 3. The lowest BCUT2D eigenvalue weighted by atomic mass is 9.80. The Hall–Kier alpha value is -13.1. The second-order valence-corrected chi connectivity index (χ2v) is 31.6. The Morgan fingerprint density at radius 3 is 1.07 bits per heavy atom. The summed E-state index contributed by atoms with van der Waals surface area (Å²) < 4.78 is 0. The minimum absolute atomic E-state index is 0.0282. The molecule has 6 atom stereocenters. The molecule has 13 N–H and O–H groups in total. The molecule has 0 aliphatic carbocycles. The number of Topliss-reactive ketones (excluding diaryl/α,β-unsaturated/α-hetero) is 1. The van der Waals surface area contributed by atoms with Crippen LogP contribution in [0.1, 0.15) is 57.4 Å².